The summed E-state index contributed by atoms with van der Waals surface area (Å²) in [6.45, 7) is 0. The maximum atomic E-state index is 11.8. The van der Waals surface area contributed by atoms with E-state index in [1.54, 1.807) is 6.26 Å². The van der Waals surface area contributed by atoms with Crippen LogP contribution in [0.25, 0.3) is 0 Å². The van der Waals surface area contributed by atoms with Gasteiger partial charge in [-0.15, -0.1) is 0 Å². The Bertz CT molecular complexity index is 664. The topological polar surface area (TPSA) is 38.7 Å². The maximum Gasteiger partial charge on any atom is 0.153 e. The van der Waals surface area contributed by atoms with E-state index in [1.165, 1.54) is 0 Å². The van der Waals surface area contributed by atoms with Crippen molar-refractivity contribution in [3.05, 3.63) is 54.1 Å². The molecule has 1 aliphatic rings. The number of ether oxygens (including phenoxy) is 1. The maximum absolute atomic E-state index is 11.8. The first-order valence-electron chi connectivity index (χ1n) is 5.54. The number of rotatable bonds is 0. The fourth-order valence-electron chi connectivity index (χ4n) is 1.88. The molecule has 90 valence electrons. The third-order valence-electron chi connectivity index (χ3n) is 2.70. The van der Waals surface area contributed by atoms with Crippen LogP contribution in [0.4, 0.5) is 5.69 Å². The zero-order valence-electron chi connectivity index (χ0n) is 9.79. The third-order valence-corrected chi connectivity index (χ3v) is 3.55. The van der Waals surface area contributed by atoms with E-state index in [0.717, 1.165) is 5.56 Å². The number of fused-ring (bicyclic) bond motifs is 2. The van der Waals surface area contributed by atoms with E-state index in [2.05, 4.69) is 4.99 Å². The summed E-state index contributed by atoms with van der Waals surface area (Å²) in [7, 11) is -1.16. The first-order chi connectivity index (χ1) is 8.75. The van der Waals surface area contributed by atoms with Crippen LogP contribution in [0.5, 0.6) is 11.5 Å². The molecule has 0 N–H and O–H groups in total. The lowest BCUT2D eigenvalue weighted by Crippen LogP contribution is -2.07. The van der Waals surface area contributed by atoms with Crippen molar-refractivity contribution >= 4 is 21.5 Å². The molecule has 0 aliphatic carbocycles. The Kier molecular flexibility index (Phi) is 2.72. The van der Waals surface area contributed by atoms with Crippen molar-refractivity contribution in [2.75, 3.05) is 6.26 Å². The van der Waals surface area contributed by atoms with Crippen LogP contribution < -0.4 is 4.74 Å². The highest BCUT2D eigenvalue weighted by Crippen LogP contribution is 2.37. The van der Waals surface area contributed by atoms with Crippen LogP contribution in [-0.2, 0) is 10.8 Å². The van der Waals surface area contributed by atoms with Gasteiger partial charge in [0, 0.05) is 6.26 Å². The Morgan fingerprint density at radius 1 is 1.00 bits per heavy atom. The summed E-state index contributed by atoms with van der Waals surface area (Å²) in [6, 6.07) is 15.0. The second-order valence-electron chi connectivity index (χ2n) is 3.94. The zero-order chi connectivity index (χ0) is 12.5. The minimum atomic E-state index is -1.16. The van der Waals surface area contributed by atoms with Gasteiger partial charge in [0.25, 0.3) is 0 Å². The van der Waals surface area contributed by atoms with Gasteiger partial charge in [-0.25, -0.2) is 4.99 Å². The number of hydrogen-bond acceptors (Lipinski definition) is 3. The van der Waals surface area contributed by atoms with Gasteiger partial charge >= 0.3 is 0 Å². The normalized spacial score (nSPS) is 14.6. The molecule has 1 aliphatic heterocycles. The van der Waals surface area contributed by atoms with Gasteiger partial charge in [-0.1, -0.05) is 24.3 Å². The van der Waals surface area contributed by atoms with E-state index in [-0.39, 0.29) is 0 Å². The van der Waals surface area contributed by atoms with E-state index in [4.69, 9.17) is 4.74 Å². The van der Waals surface area contributed by atoms with Crippen LogP contribution in [0, 0.1) is 0 Å². The van der Waals surface area contributed by atoms with Crippen molar-refractivity contribution < 1.29 is 8.95 Å². The van der Waals surface area contributed by atoms with Crippen LogP contribution in [0.2, 0.25) is 0 Å². The van der Waals surface area contributed by atoms with E-state index < -0.39 is 10.8 Å². The first kappa shape index (κ1) is 11.2. The summed E-state index contributed by atoms with van der Waals surface area (Å²) in [5, 5.41) is 0.551. The minimum Gasteiger partial charge on any atom is -0.454 e. The molecule has 0 spiro atoms. The smallest absolute Gasteiger partial charge is 0.153 e. The van der Waals surface area contributed by atoms with Gasteiger partial charge in [0.15, 0.2) is 5.75 Å². The lowest BCUT2D eigenvalue weighted by Gasteiger charge is -2.07. The van der Waals surface area contributed by atoms with E-state index in [0.29, 0.717) is 22.2 Å². The number of aliphatic imine (C=N–C) groups is 1. The van der Waals surface area contributed by atoms with Crippen molar-refractivity contribution in [3.8, 4) is 11.5 Å². The minimum absolute atomic E-state index is 0.551. The van der Waals surface area contributed by atoms with Crippen LogP contribution in [0.3, 0.4) is 0 Å². The largest absolute Gasteiger partial charge is 0.454 e. The van der Waals surface area contributed by atoms with E-state index >= 15 is 0 Å². The van der Waals surface area contributed by atoms with Crippen LogP contribution >= 0.6 is 0 Å². The predicted molar refractivity (Wildman–Crippen MR) is 73.2 cm³/mol. The standard InChI is InChI=1S/C14H11NO2S/c1-18(16)14-10-6-2-4-8-12(10)17-13-9-5-3-7-11(13)15-14/h2-9H,1H3. The van der Waals surface area contributed by atoms with Crippen molar-refractivity contribution in [3.63, 3.8) is 0 Å². The molecule has 1 heterocycles. The predicted octanol–water partition coefficient (Wildman–Crippen LogP) is 3.25. The molecule has 3 nitrogen and oxygen atoms in total. The highest BCUT2D eigenvalue weighted by Gasteiger charge is 2.19. The highest BCUT2D eigenvalue weighted by atomic mass is 32.2. The Morgan fingerprint density at radius 3 is 2.44 bits per heavy atom. The molecule has 1 unspecified atom stereocenters. The fourth-order valence-corrected chi connectivity index (χ4v) is 2.58. The summed E-state index contributed by atoms with van der Waals surface area (Å²) in [4.78, 5) is 4.47. The summed E-state index contributed by atoms with van der Waals surface area (Å²) in [5.74, 6) is 1.38. The monoisotopic (exact) mass is 257 g/mol. The Hall–Kier alpha value is -1.94. The lowest BCUT2D eigenvalue weighted by molar-refractivity contribution is 0.485. The number of benzene rings is 2. The van der Waals surface area contributed by atoms with Gasteiger partial charge in [-0.05, 0) is 24.3 Å². The quantitative estimate of drug-likeness (QED) is 0.726. The zero-order valence-corrected chi connectivity index (χ0v) is 10.6. The molecule has 4 heteroatoms. The first-order valence-corrected chi connectivity index (χ1v) is 7.10. The fraction of sp³-hybridized carbons (Fsp3) is 0.0714. The van der Waals surface area contributed by atoms with Crippen LogP contribution in [0.1, 0.15) is 5.56 Å². The molecular weight excluding hydrogens is 246 g/mol. The van der Waals surface area contributed by atoms with Gasteiger partial charge in [0.05, 0.1) is 16.4 Å². The number of para-hydroxylation sites is 3. The average Bonchev–Trinajstić information content (AvgIpc) is 2.55. The van der Waals surface area contributed by atoms with E-state index in [1.807, 2.05) is 48.5 Å². The molecule has 0 amide bonds. The summed E-state index contributed by atoms with van der Waals surface area (Å²) >= 11 is 0. The Labute approximate surface area is 108 Å². The van der Waals surface area contributed by atoms with Crippen molar-refractivity contribution in [2.45, 2.75) is 0 Å². The van der Waals surface area contributed by atoms with Crippen molar-refractivity contribution in [1.82, 2.24) is 0 Å². The molecule has 2 aromatic carbocycles. The van der Waals surface area contributed by atoms with Crippen LogP contribution in [-0.4, -0.2) is 15.5 Å². The molecule has 0 bridgehead atoms. The van der Waals surface area contributed by atoms with Gasteiger partial charge in [0.2, 0.25) is 0 Å². The molecule has 2 aromatic rings. The Morgan fingerprint density at radius 2 is 1.67 bits per heavy atom. The molecule has 0 aromatic heterocycles. The summed E-state index contributed by atoms with van der Waals surface area (Å²) < 4.78 is 17.7. The molecular formula is C14H11NO2S. The van der Waals surface area contributed by atoms with Gasteiger partial charge in [-0.3, -0.25) is 4.21 Å². The summed E-state index contributed by atoms with van der Waals surface area (Å²) in [6.07, 6.45) is 1.63. The molecule has 0 radical (unpaired) electrons. The molecule has 0 saturated carbocycles. The second kappa shape index (κ2) is 4.38. The molecule has 1 atom stereocenters. The van der Waals surface area contributed by atoms with E-state index in [9.17, 15) is 4.21 Å². The van der Waals surface area contributed by atoms with Gasteiger partial charge in [0.1, 0.15) is 16.5 Å². The molecule has 3 rings (SSSR count). The molecule has 0 saturated heterocycles. The van der Waals surface area contributed by atoms with Gasteiger partial charge in [-0.2, -0.15) is 0 Å². The Balaban J connectivity index is 2.29. The molecule has 0 fully saturated rings. The third kappa shape index (κ3) is 1.84. The highest BCUT2D eigenvalue weighted by molar-refractivity contribution is 8.00. The SMILES string of the molecule is CS(=O)C1=Nc2ccccc2Oc2ccccc21. The summed E-state index contributed by atoms with van der Waals surface area (Å²) in [5.41, 5.74) is 1.49. The van der Waals surface area contributed by atoms with Crippen molar-refractivity contribution in [1.29, 1.82) is 0 Å². The molecule has 18 heavy (non-hydrogen) atoms. The number of hydrogen-bond donors (Lipinski definition) is 0. The van der Waals surface area contributed by atoms with Crippen molar-refractivity contribution in [2.24, 2.45) is 4.99 Å². The number of nitrogens with zero attached hydrogens (tertiary/aromatic N) is 1. The average molecular weight is 257 g/mol. The van der Waals surface area contributed by atoms with Crippen LogP contribution in [0.15, 0.2) is 53.5 Å². The van der Waals surface area contributed by atoms with Gasteiger partial charge < -0.3 is 4.74 Å². The second-order valence-corrected chi connectivity index (χ2v) is 5.23. The lowest BCUT2D eigenvalue weighted by atomic mass is 10.2.